The first-order valence-corrected chi connectivity index (χ1v) is 10.5. The van der Waals surface area contributed by atoms with E-state index in [1.807, 2.05) is 37.3 Å². The average molecular weight is 422 g/mol. The maximum atomic E-state index is 13.3. The fraction of sp³-hybridized carbons (Fsp3) is 0.360. The number of ketones is 1. The quantitative estimate of drug-likeness (QED) is 0.476. The number of phenolic OH excluding ortho intramolecular Hbond substituents is 1. The molecule has 2 aromatic carbocycles. The van der Waals surface area contributed by atoms with Crippen LogP contribution in [0.1, 0.15) is 50.0 Å². The van der Waals surface area contributed by atoms with Gasteiger partial charge in [0.05, 0.1) is 11.5 Å². The zero-order valence-electron chi connectivity index (χ0n) is 18.1. The van der Waals surface area contributed by atoms with E-state index in [1.54, 1.807) is 20.8 Å². The highest BCUT2D eigenvalue weighted by Gasteiger charge is 2.41. The Kier molecular flexibility index (Phi) is 5.13. The van der Waals surface area contributed by atoms with Crippen molar-refractivity contribution in [3.05, 3.63) is 57.9 Å². The summed E-state index contributed by atoms with van der Waals surface area (Å²) in [4.78, 5) is 25.8. The van der Waals surface area contributed by atoms with Gasteiger partial charge in [-0.15, -0.1) is 0 Å². The number of ether oxygens (including phenoxy) is 1. The number of fused-ring (bicyclic) bond motifs is 3. The molecule has 0 fully saturated rings. The van der Waals surface area contributed by atoms with Crippen LogP contribution in [0.4, 0.5) is 0 Å². The van der Waals surface area contributed by atoms with Crippen LogP contribution in [0.5, 0.6) is 11.5 Å². The third kappa shape index (κ3) is 3.41. The highest BCUT2D eigenvalue weighted by atomic mass is 16.5. The van der Waals surface area contributed by atoms with Gasteiger partial charge in [0.25, 0.3) is 0 Å². The summed E-state index contributed by atoms with van der Waals surface area (Å²) in [6.07, 6.45) is -0.168. The van der Waals surface area contributed by atoms with Crippen LogP contribution in [0.15, 0.2) is 45.6 Å². The lowest BCUT2D eigenvalue weighted by Gasteiger charge is -2.38. The maximum absolute atomic E-state index is 13.3. The minimum Gasteiger partial charge on any atom is -0.506 e. The summed E-state index contributed by atoms with van der Waals surface area (Å²) < 4.78 is 11.6. The van der Waals surface area contributed by atoms with Gasteiger partial charge >= 0.3 is 5.63 Å². The van der Waals surface area contributed by atoms with Crippen molar-refractivity contribution < 1.29 is 24.2 Å². The number of Topliss-reactive ketones (excluding diaryl/α,β-unsaturated/α-hetero) is 1. The van der Waals surface area contributed by atoms with Crippen LogP contribution in [0, 0.1) is 5.92 Å². The van der Waals surface area contributed by atoms with Crippen molar-refractivity contribution in [2.45, 2.75) is 52.2 Å². The topological polar surface area (TPSA) is 97.0 Å². The van der Waals surface area contributed by atoms with Crippen molar-refractivity contribution in [2.75, 3.05) is 0 Å². The fourth-order valence-electron chi connectivity index (χ4n) is 4.00. The summed E-state index contributed by atoms with van der Waals surface area (Å²) in [5.74, 6) is -0.690. The van der Waals surface area contributed by atoms with Crippen LogP contribution in [-0.2, 0) is 6.42 Å². The number of benzene rings is 2. The molecule has 3 aromatic rings. The van der Waals surface area contributed by atoms with Crippen LogP contribution in [0.3, 0.4) is 0 Å². The minimum absolute atomic E-state index is 0.0721. The van der Waals surface area contributed by atoms with Gasteiger partial charge in [0.1, 0.15) is 28.2 Å². The third-order valence-corrected chi connectivity index (χ3v) is 6.17. The molecule has 0 saturated heterocycles. The summed E-state index contributed by atoms with van der Waals surface area (Å²) in [5, 5.41) is 22.3. The molecule has 0 radical (unpaired) electrons. The Labute approximate surface area is 180 Å². The fourth-order valence-corrected chi connectivity index (χ4v) is 4.00. The summed E-state index contributed by atoms with van der Waals surface area (Å²) in [7, 11) is 0. The number of carbonyl (C=O) groups is 1. The molecule has 6 heteroatoms. The molecule has 1 aliphatic rings. The van der Waals surface area contributed by atoms with E-state index in [2.05, 4.69) is 0 Å². The van der Waals surface area contributed by atoms with E-state index in [4.69, 9.17) is 9.15 Å². The molecular formula is C25H26O6. The van der Waals surface area contributed by atoms with Crippen molar-refractivity contribution in [3.8, 4) is 22.6 Å². The molecule has 0 saturated carbocycles. The zero-order valence-corrected chi connectivity index (χ0v) is 18.1. The van der Waals surface area contributed by atoms with Gasteiger partial charge < -0.3 is 19.4 Å². The number of aromatic hydroxyl groups is 1. The number of carbonyl (C=O) groups excluding carboxylic acids is 1. The second kappa shape index (κ2) is 7.54. The average Bonchev–Trinajstić information content (AvgIpc) is 2.74. The Morgan fingerprint density at radius 2 is 1.94 bits per heavy atom. The van der Waals surface area contributed by atoms with Crippen molar-refractivity contribution in [3.63, 3.8) is 0 Å². The van der Waals surface area contributed by atoms with Gasteiger partial charge in [0, 0.05) is 29.5 Å². The van der Waals surface area contributed by atoms with Crippen molar-refractivity contribution in [1.29, 1.82) is 0 Å². The van der Waals surface area contributed by atoms with E-state index >= 15 is 0 Å². The summed E-state index contributed by atoms with van der Waals surface area (Å²) in [6.45, 7) is 7.13. The highest BCUT2D eigenvalue weighted by molar-refractivity contribution is 6.11. The number of rotatable bonds is 4. The minimum atomic E-state index is -0.977. The molecule has 1 aromatic heterocycles. The summed E-state index contributed by atoms with van der Waals surface area (Å²) in [6, 6.07) is 10.4. The number of hydrogen-bond acceptors (Lipinski definition) is 6. The molecular weight excluding hydrogens is 396 g/mol. The van der Waals surface area contributed by atoms with E-state index in [9.17, 15) is 19.8 Å². The predicted octanol–water partition coefficient (Wildman–Crippen LogP) is 4.47. The molecule has 0 unspecified atom stereocenters. The van der Waals surface area contributed by atoms with Crippen LogP contribution in [0.2, 0.25) is 0 Å². The lowest BCUT2D eigenvalue weighted by molar-refractivity contribution is -0.0414. The highest BCUT2D eigenvalue weighted by Crippen LogP contribution is 2.48. The number of aliphatic hydroxyl groups excluding tert-OH is 1. The van der Waals surface area contributed by atoms with E-state index in [-0.39, 0.29) is 46.2 Å². The van der Waals surface area contributed by atoms with Gasteiger partial charge in [-0.1, -0.05) is 44.2 Å². The molecule has 0 amide bonds. The largest absolute Gasteiger partial charge is 0.506 e. The maximum Gasteiger partial charge on any atom is 0.336 e. The molecule has 0 aliphatic carbocycles. The molecule has 0 bridgehead atoms. The molecule has 31 heavy (non-hydrogen) atoms. The van der Waals surface area contributed by atoms with E-state index in [0.717, 1.165) is 0 Å². The smallest absolute Gasteiger partial charge is 0.336 e. The normalized spacial score (nSPS) is 18.3. The Morgan fingerprint density at radius 3 is 2.58 bits per heavy atom. The van der Waals surface area contributed by atoms with E-state index < -0.39 is 17.3 Å². The van der Waals surface area contributed by atoms with E-state index in [0.29, 0.717) is 23.1 Å². The first kappa shape index (κ1) is 21.1. The van der Waals surface area contributed by atoms with Crippen LogP contribution >= 0.6 is 0 Å². The SMILES string of the molecule is CC[C@@H](C)C(=O)c1c2c(c3oc(=O)cc(-c4ccccc4)c3c1O)C[C@H](O)C(C)(C)O2. The van der Waals surface area contributed by atoms with Gasteiger partial charge in [0.2, 0.25) is 0 Å². The Bertz CT molecular complexity index is 1220. The lowest BCUT2D eigenvalue weighted by Crippen LogP contribution is -2.46. The molecule has 2 N–H and O–H groups in total. The summed E-state index contributed by atoms with van der Waals surface area (Å²) in [5.41, 5.74) is 0.223. The predicted molar refractivity (Wildman–Crippen MR) is 118 cm³/mol. The van der Waals surface area contributed by atoms with Gasteiger partial charge in [0.15, 0.2) is 5.78 Å². The molecule has 1 aliphatic heterocycles. The summed E-state index contributed by atoms with van der Waals surface area (Å²) >= 11 is 0. The Morgan fingerprint density at radius 1 is 1.26 bits per heavy atom. The molecule has 162 valence electrons. The van der Waals surface area contributed by atoms with E-state index in [1.165, 1.54) is 6.07 Å². The van der Waals surface area contributed by atoms with Crippen molar-refractivity contribution in [2.24, 2.45) is 5.92 Å². The molecule has 0 spiro atoms. The zero-order chi connectivity index (χ0) is 22.5. The van der Waals surface area contributed by atoms with Gasteiger partial charge in [-0.05, 0) is 25.8 Å². The van der Waals surface area contributed by atoms with Gasteiger partial charge in [-0.3, -0.25) is 4.79 Å². The monoisotopic (exact) mass is 422 g/mol. The molecule has 4 rings (SSSR count). The Hall–Kier alpha value is -3.12. The van der Waals surface area contributed by atoms with Gasteiger partial charge in [-0.25, -0.2) is 4.79 Å². The van der Waals surface area contributed by atoms with Crippen LogP contribution in [-0.4, -0.2) is 27.7 Å². The number of aliphatic hydroxyl groups is 1. The molecule has 2 atom stereocenters. The first-order valence-electron chi connectivity index (χ1n) is 10.5. The van der Waals surface area contributed by atoms with Crippen LogP contribution in [0.25, 0.3) is 22.1 Å². The first-order chi connectivity index (χ1) is 14.7. The third-order valence-electron chi connectivity index (χ3n) is 6.17. The molecule has 2 heterocycles. The number of phenols is 1. The second-order valence-electron chi connectivity index (χ2n) is 8.68. The molecule has 6 nitrogen and oxygen atoms in total. The van der Waals surface area contributed by atoms with Crippen LogP contribution < -0.4 is 10.4 Å². The standard InChI is InChI=1S/C25H26O6/c1-5-13(2)21(28)20-22(29)19-15(14-9-7-6-8-10-14)12-18(27)30-23(19)16-11-17(26)25(3,4)31-24(16)20/h6-10,12-13,17,26,29H,5,11H2,1-4H3/t13-,17+/m1/s1. The number of hydrogen-bond donors (Lipinski definition) is 2. The van der Waals surface area contributed by atoms with Gasteiger partial charge in [-0.2, -0.15) is 0 Å². The second-order valence-corrected chi connectivity index (χ2v) is 8.68. The Balaban J connectivity index is 2.16. The van der Waals surface area contributed by atoms with Crippen molar-refractivity contribution in [1.82, 2.24) is 0 Å². The lowest BCUT2D eigenvalue weighted by atomic mass is 9.84. The van der Waals surface area contributed by atoms with Crippen molar-refractivity contribution >= 4 is 16.8 Å².